The highest BCUT2D eigenvalue weighted by Crippen LogP contribution is 2.33. The first-order valence-corrected chi connectivity index (χ1v) is 8.75. The Kier molecular flexibility index (Phi) is 7.05. The van der Waals surface area contributed by atoms with Crippen LogP contribution in [0.4, 0.5) is 5.69 Å². The summed E-state index contributed by atoms with van der Waals surface area (Å²) in [5.74, 6) is 0.397. The molecule has 0 aromatic heterocycles. The summed E-state index contributed by atoms with van der Waals surface area (Å²) in [6.07, 6.45) is 2.56. The Balaban J connectivity index is 2.14. The topological polar surface area (TPSA) is 80.2 Å². The number of hydrogen-bond acceptors (Lipinski definition) is 5. The van der Waals surface area contributed by atoms with Crippen LogP contribution in [-0.4, -0.2) is 31.0 Å². The van der Waals surface area contributed by atoms with Gasteiger partial charge in [-0.05, 0) is 64.9 Å². The van der Waals surface area contributed by atoms with E-state index >= 15 is 0 Å². The number of hydrogen-bond donors (Lipinski definition) is 2. The molecule has 0 heterocycles. The summed E-state index contributed by atoms with van der Waals surface area (Å²) < 4.78 is 12.0. The maximum absolute atomic E-state index is 11.0. The van der Waals surface area contributed by atoms with E-state index in [1.165, 1.54) is 12.1 Å². The fraction of sp³-hybridized carbons (Fsp3) is 0.222. The molecule has 0 aliphatic carbocycles. The number of carboxylic acids is 1. The normalized spacial score (nSPS) is 10.7. The number of nitrogens with zero attached hydrogens (tertiary/aromatic N) is 1. The number of rotatable bonds is 8. The molecule has 0 atom stereocenters. The van der Waals surface area contributed by atoms with Crippen molar-refractivity contribution in [2.24, 2.45) is 5.10 Å². The van der Waals surface area contributed by atoms with Gasteiger partial charge in [-0.1, -0.05) is 13.0 Å². The molecule has 25 heavy (non-hydrogen) atoms. The number of hydrazone groups is 1. The molecule has 0 radical (unpaired) electrons. The lowest BCUT2D eigenvalue weighted by Gasteiger charge is -2.12. The molecular weight excluding hydrogens is 435 g/mol. The maximum Gasteiger partial charge on any atom is 0.335 e. The third kappa shape index (κ3) is 5.35. The molecule has 2 aromatic rings. The molecule has 0 aliphatic heterocycles. The van der Waals surface area contributed by atoms with Gasteiger partial charge in [-0.15, -0.1) is 0 Å². The largest absolute Gasteiger partial charge is 0.493 e. The van der Waals surface area contributed by atoms with Crippen LogP contribution in [-0.2, 0) is 0 Å². The van der Waals surface area contributed by atoms with Gasteiger partial charge in [-0.2, -0.15) is 5.10 Å². The Morgan fingerprint density at radius 1 is 1.36 bits per heavy atom. The highest BCUT2D eigenvalue weighted by molar-refractivity contribution is 14.1. The van der Waals surface area contributed by atoms with Gasteiger partial charge in [0.25, 0.3) is 0 Å². The van der Waals surface area contributed by atoms with E-state index in [2.05, 4.69) is 33.1 Å². The smallest absolute Gasteiger partial charge is 0.335 e. The quantitative estimate of drug-likeness (QED) is 0.355. The molecule has 0 unspecified atom stereocenters. The molecule has 2 aromatic carbocycles. The van der Waals surface area contributed by atoms with E-state index in [0.717, 1.165) is 21.3 Å². The van der Waals surface area contributed by atoms with Gasteiger partial charge in [0.2, 0.25) is 0 Å². The number of nitrogens with one attached hydrogen (secondary N) is 1. The molecule has 0 fully saturated rings. The maximum atomic E-state index is 11.0. The lowest BCUT2D eigenvalue weighted by atomic mass is 10.2. The van der Waals surface area contributed by atoms with Gasteiger partial charge >= 0.3 is 5.97 Å². The summed E-state index contributed by atoms with van der Waals surface area (Å²) in [5, 5.41) is 13.1. The van der Waals surface area contributed by atoms with Crippen molar-refractivity contribution in [3.05, 3.63) is 51.1 Å². The average molecular weight is 454 g/mol. The fourth-order valence-electron chi connectivity index (χ4n) is 2.06. The van der Waals surface area contributed by atoms with Crippen molar-refractivity contribution in [3.8, 4) is 11.5 Å². The second-order valence-electron chi connectivity index (χ2n) is 5.14. The SMILES string of the molecule is CCCOc1c(I)cc(/C=N\Nc2cccc(C(=O)O)c2)cc1OC. The predicted octanol–water partition coefficient (Wildman–Crippen LogP) is 4.23. The summed E-state index contributed by atoms with van der Waals surface area (Å²) in [4.78, 5) is 11.0. The van der Waals surface area contributed by atoms with Crippen LogP contribution in [0.1, 0.15) is 29.3 Å². The van der Waals surface area contributed by atoms with E-state index in [1.54, 1.807) is 25.5 Å². The zero-order chi connectivity index (χ0) is 18.2. The van der Waals surface area contributed by atoms with Crippen molar-refractivity contribution in [1.29, 1.82) is 0 Å². The van der Waals surface area contributed by atoms with E-state index in [-0.39, 0.29) is 5.56 Å². The summed E-state index contributed by atoms with van der Waals surface area (Å²) in [7, 11) is 1.60. The van der Waals surface area contributed by atoms with Crippen LogP contribution >= 0.6 is 22.6 Å². The molecule has 0 saturated heterocycles. The number of aromatic carboxylic acids is 1. The second-order valence-corrected chi connectivity index (χ2v) is 6.30. The summed E-state index contributed by atoms with van der Waals surface area (Å²) >= 11 is 2.20. The summed E-state index contributed by atoms with van der Waals surface area (Å²) in [5.41, 5.74) is 4.47. The van der Waals surface area contributed by atoms with Crippen LogP contribution in [0.3, 0.4) is 0 Å². The molecule has 0 amide bonds. The Labute approximate surface area is 160 Å². The minimum Gasteiger partial charge on any atom is -0.493 e. The molecule has 6 nitrogen and oxygen atoms in total. The molecule has 0 saturated carbocycles. The highest BCUT2D eigenvalue weighted by Gasteiger charge is 2.10. The van der Waals surface area contributed by atoms with Crippen molar-refractivity contribution in [2.75, 3.05) is 19.1 Å². The fourth-order valence-corrected chi connectivity index (χ4v) is 2.84. The first kappa shape index (κ1) is 19.0. The van der Waals surface area contributed by atoms with E-state index in [0.29, 0.717) is 18.0 Å². The Bertz CT molecular complexity index is 778. The van der Waals surface area contributed by atoms with Crippen molar-refractivity contribution in [3.63, 3.8) is 0 Å². The van der Waals surface area contributed by atoms with Gasteiger partial charge in [-0.25, -0.2) is 4.79 Å². The van der Waals surface area contributed by atoms with Crippen LogP contribution in [0.25, 0.3) is 0 Å². The highest BCUT2D eigenvalue weighted by atomic mass is 127. The molecule has 132 valence electrons. The van der Waals surface area contributed by atoms with Crippen LogP contribution in [0.5, 0.6) is 11.5 Å². The van der Waals surface area contributed by atoms with Crippen LogP contribution in [0, 0.1) is 3.57 Å². The standard InChI is InChI=1S/C18H19IN2O4/c1-3-7-25-17-15(19)8-12(9-16(17)24-2)11-20-21-14-6-4-5-13(10-14)18(22)23/h4-6,8-11,21H,3,7H2,1-2H3,(H,22,23)/b20-11-. The minimum absolute atomic E-state index is 0.203. The molecule has 0 bridgehead atoms. The first-order chi connectivity index (χ1) is 12.0. The third-order valence-electron chi connectivity index (χ3n) is 3.22. The zero-order valence-corrected chi connectivity index (χ0v) is 16.1. The van der Waals surface area contributed by atoms with Crippen LogP contribution in [0.15, 0.2) is 41.5 Å². The second kappa shape index (κ2) is 9.26. The van der Waals surface area contributed by atoms with Gasteiger partial charge in [0.15, 0.2) is 11.5 Å². The van der Waals surface area contributed by atoms with Gasteiger partial charge < -0.3 is 14.6 Å². The number of ether oxygens (including phenoxy) is 2. The van der Waals surface area contributed by atoms with E-state index in [4.69, 9.17) is 14.6 Å². The third-order valence-corrected chi connectivity index (χ3v) is 4.02. The van der Waals surface area contributed by atoms with Crippen molar-refractivity contribution < 1.29 is 19.4 Å². The molecule has 0 spiro atoms. The molecular formula is C18H19IN2O4. The monoisotopic (exact) mass is 454 g/mol. The summed E-state index contributed by atoms with van der Waals surface area (Å²) in [6.45, 7) is 2.67. The Morgan fingerprint density at radius 3 is 2.84 bits per heavy atom. The van der Waals surface area contributed by atoms with Gasteiger partial charge in [0.1, 0.15) is 0 Å². The summed E-state index contributed by atoms with van der Waals surface area (Å²) in [6, 6.07) is 10.2. The van der Waals surface area contributed by atoms with E-state index in [9.17, 15) is 4.79 Å². The number of methoxy groups -OCH3 is 1. The van der Waals surface area contributed by atoms with Gasteiger partial charge in [0, 0.05) is 0 Å². The van der Waals surface area contributed by atoms with Crippen molar-refractivity contribution >= 4 is 40.5 Å². The number of carboxylic acid groups (broad SMARTS) is 1. The lowest BCUT2D eigenvalue weighted by Crippen LogP contribution is -2.01. The number of carbonyl (C=O) groups is 1. The Morgan fingerprint density at radius 2 is 2.16 bits per heavy atom. The predicted molar refractivity (Wildman–Crippen MR) is 106 cm³/mol. The molecule has 2 N–H and O–H groups in total. The number of anilines is 1. The molecule has 2 rings (SSSR count). The van der Waals surface area contributed by atoms with E-state index < -0.39 is 5.97 Å². The van der Waals surface area contributed by atoms with E-state index in [1.807, 2.05) is 19.1 Å². The molecule has 7 heteroatoms. The van der Waals surface area contributed by atoms with Crippen LogP contribution < -0.4 is 14.9 Å². The lowest BCUT2D eigenvalue weighted by molar-refractivity contribution is 0.0697. The van der Waals surface area contributed by atoms with Crippen molar-refractivity contribution in [1.82, 2.24) is 0 Å². The van der Waals surface area contributed by atoms with Crippen molar-refractivity contribution in [2.45, 2.75) is 13.3 Å². The Hall–Kier alpha value is -2.29. The number of benzene rings is 2. The van der Waals surface area contributed by atoms with Gasteiger partial charge in [-0.3, -0.25) is 5.43 Å². The first-order valence-electron chi connectivity index (χ1n) is 7.68. The average Bonchev–Trinajstić information content (AvgIpc) is 2.60. The van der Waals surface area contributed by atoms with Crippen LogP contribution in [0.2, 0.25) is 0 Å². The zero-order valence-electron chi connectivity index (χ0n) is 14.0. The minimum atomic E-state index is -0.977. The number of halogens is 1. The molecule has 0 aliphatic rings. The van der Waals surface area contributed by atoms with Gasteiger partial charge in [0.05, 0.1) is 34.8 Å².